The van der Waals surface area contributed by atoms with Gasteiger partial charge in [0.15, 0.2) is 0 Å². The third-order valence-electron chi connectivity index (χ3n) is 10.1. The van der Waals surface area contributed by atoms with Gasteiger partial charge in [0.2, 0.25) is 23.5 Å². The number of carboxylic acid groups (broad SMARTS) is 2. The van der Waals surface area contributed by atoms with Crippen LogP contribution in [0.15, 0.2) is 48.5 Å². The first kappa shape index (κ1) is 40.9. The van der Waals surface area contributed by atoms with E-state index in [4.69, 9.17) is 51.6 Å². The highest BCUT2D eigenvalue weighted by atomic mass is 35.5. The van der Waals surface area contributed by atoms with Crippen LogP contribution in [0, 0.1) is 13.8 Å². The predicted octanol–water partition coefficient (Wildman–Crippen LogP) is 5.81. The van der Waals surface area contributed by atoms with Crippen LogP contribution in [0.25, 0.3) is 11.1 Å². The van der Waals surface area contributed by atoms with Gasteiger partial charge >= 0.3 is 11.9 Å². The summed E-state index contributed by atoms with van der Waals surface area (Å²) in [5.41, 5.74) is 7.19. The van der Waals surface area contributed by atoms with Crippen molar-refractivity contribution in [3.8, 4) is 34.6 Å². The number of pyridine rings is 2. The van der Waals surface area contributed by atoms with Gasteiger partial charge in [0.25, 0.3) is 0 Å². The zero-order chi connectivity index (χ0) is 39.9. The van der Waals surface area contributed by atoms with Crippen LogP contribution < -0.4 is 18.9 Å². The molecule has 4 heterocycles. The summed E-state index contributed by atoms with van der Waals surface area (Å²) in [6.45, 7) is 6.94. The second-order valence-electron chi connectivity index (χ2n) is 13.4. The monoisotopic (exact) mass is 810 g/mol. The van der Waals surface area contributed by atoms with Crippen molar-refractivity contribution in [2.24, 2.45) is 0 Å². The van der Waals surface area contributed by atoms with Gasteiger partial charge < -0.3 is 38.6 Å². The van der Waals surface area contributed by atoms with Crippen LogP contribution in [-0.2, 0) is 45.4 Å². The fraction of sp³-hybridized carbons (Fsp3) is 0.400. The first-order valence-electron chi connectivity index (χ1n) is 18.0. The topological polar surface area (TPSA) is 162 Å². The lowest BCUT2D eigenvalue weighted by Gasteiger charge is -2.33. The number of benzene rings is 2. The molecule has 0 radical (unpaired) electrons. The molecule has 2 aromatic heterocycles. The van der Waals surface area contributed by atoms with Gasteiger partial charge in [-0.1, -0.05) is 59.6 Å². The van der Waals surface area contributed by atoms with Gasteiger partial charge in [-0.25, -0.2) is 0 Å². The van der Waals surface area contributed by atoms with E-state index < -0.39 is 24.0 Å². The molecular weight excluding hydrogens is 767 g/mol. The third-order valence-corrected chi connectivity index (χ3v) is 10.6. The molecule has 4 aromatic rings. The Bertz CT molecular complexity index is 1920. The van der Waals surface area contributed by atoms with Gasteiger partial charge in [0.1, 0.15) is 35.3 Å². The average Bonchev–Trinajstić information content (AvgIpc) is 3.18. The van der Waals surface area contributed by atoms with Crippen molar-refractivity contribution in [1.82, 2.24) is 19.8 Å². The van der Waals surface area contributed by atoms with E-state index in [1.165, 1.54) is 14.2 Å². The number of carboxylic acids is 2. The Morgan fingerprint density at radius 2 is 1.11 bits per heavy atom. The minimum atomic E-state index is -0.958. The Balaban J connectivity index is 1.15. The second-order valence-corrected chi connectivity index (χ2v) is 14.3. The molecule has 2 aliphatic rings. The molecule has 0 unspecified atom stereocenters. The van der Waals surface area contributed by atoms with Crippen molar-refractivity contribution < 1.29 is 48.2 Å². The number of aromatic nitrogens is 2. The predicted molar refractivity (Wildman–Crippen MR) is 207 cm³/mol. The normalized spacial score (nSPS) is 17.7. The average molecular weight is 812 g/mol. The van der Waals surface area contributed by atoms with E-state index in [1.54, 1.807) is 21.9 Å². The maximum atomic E-state index is 11.8. The van der Waals surface area contributed by atoms with Crippen molar-refractivity contribution in [2.75, 3.05) is 53.7 Å². The molecule has 0 spiro atoms. The molecule has 2 aliphatic heterocycles. The summed E-state index contributed by atoms with van der Waals surface area (Å²) < 4.78 is 34.1. The molecule has 298 valence electrons. The molecule has 2 N–H and O–H groups in total. The lowest BCUT2D eigenvalue weighted by molar-refractivity contribution is -0.151. The summed E-state index contributed by atoms with van der Waals surface area (Å²) in [4.78, 5) is 36.2. The Morgan fingerprint density at radius 1 is 0.696 bits per heavy atom. The number of rotatable bonds is 15. The van der Waals surface area contributed by atoms with Crippen molar-refractivity contribution in [3.05, 3.63) is 92.0 Å². The Hall–Kier alpha value is -4.70. The highest BCUT2D eigenvalue weighted by molar-refractivity contribution is 6.32. The number of methoxy groups -OCH3 is 2. The van der Waals surface area contributed by atoms with E-state index in [2.05, 4.69) is 22.1 Å². The molecule has 2 aromatic carbocycles. The number of nitrogens with zero attached hydrogens (tertiary/aromatic N) is 4. The number of halogens is 2. The SMILES string of the molecule is COc1nc(OCc2cccc(-c3cccc(COc4nc(OC)c(CN5CCOC[C@H]5C(=O)O)cc4Cl)c3C)c2C)c(Cl)cc1CN1CCOC[C@H]1C(=O)O. The standard InChI is InChI=1S/C40H44Cl2N4O10/c1-23-25(19-55-37-31(41)15-27(35(43-37)51-3)17-45-11-13-53-21-33(45)39(47)48)7-5-9-29(23)30-10-6-8-26(24(30)2)20-56-38-32(42)16-28(36(44-38)52-4)18-46-12-14-54-22-34(46)40(49)50/h5-10,15-16,33-34H,11-14,17-22H2,1-4H3,(H,47,48)(H,49,50)/t33-,34-/m0/s1. The maximum Gasteiger partial charge on any atom is 0.323 e. The first-order chi connectivity index (χ1) is 27.0. The number of hydrogen-bond acceptors (Lipinski definition) is 12. The van der Waals surface area contributed by atoms with Crippen LogP contribution in [0.3, 0.4) is 0 Å². The minimum Gasteiger partial charge on any atom is -0.481 e. The van der Waals surface area contributed by atoms with Crippen LogP contribution >= 0.6 is 23.2 Å². The van der Waals surface area contributed by atoms with Gasteiger partial charge in [-0.05, 0) is 59.4 Å². The quantitative estimate of drug-likeness (QED) is 0.148. The van der Waals surface area contributed by atoms with Crippen LogP contribution in [-0.4, -0.2) is 108 Å². The highest BCUT2D eigenvalue weighted by Gasteiger charge is 2.32. The number of carbonyl (C=O) groups is 2. The minimum absolute atomic E-state index is 0.100. The fourth-order valence-corrected chi connectivity index (χ4v) is 7.33. The van der Waals surface area contributed by atoms with Crippen molar-refractivity contribution in [2.45, 2.75) is 52.2 Å². The number of aliphatic carboxylic acids is 2. The second kappa shape index (κ2) is 18.5. The number of morpholine rings is 2. The molecule has 14 nitrogen and oxygen atoms in total. The molecule has 0 saturated carbocycles. The molecule has 0 aliphatic carbocycles. The molecular formula is C40H44Cl2N4O10. The largest absolute Gasteiger partial charge is 0.481 e. The van der Waals surface area contributed by atoms with E-state index >= 15 is 0 Å². The van der Waals surface area contributed by atoms with Gasteiger partial charge in [-0.2, -0.15) is 9.97 Å². The van der Waals surface area contributed by atoms with E-state index in [0.717, 1.165) is 33.4 Å². The molecule has 2 atom stereocenters. The maximum absolute atomic E-state index is 11.8. The molecule has 0 amide bonds. The lowest BCUT2D eigenvalue weighted by Crippen LogP contribution is -2.49. The van der Waals surface area contributed by atoms with Gasteiger partial charge in [-0.3, -0.25) is 19.4 Å². The van der Waals surface area contributed by atoms with Gasteiger partial charge in [0, 0.05) is 37.3 Å². The van der Waals surface area contributed by atoms with Gasteiger partial charge in [0.05, 0.1) is 40.6 Å². The van der Waals surface area contributed by atoms with E-state index in [9.17, 15) is 19.8 Å². The molecule has 16 heteroatoms. The summed E-state index contributed by atoms with van der Waals surface area (Å²) in [5.74, 6) is -0.916. The number of ether oxygens (including phenoxy) is 6. The van der Waals surface area contributed by atoms with E-state index in [0.29, 0.717) is 49.2 Å². The molecule has 2 saturated heterocycles. The highest BCUT2D eigenvalue weighted by Crippen LogP contribution is 2.35. The lowest BCUT2D eigenvalue weighted by atomic mass is 9.92. The van der Waals surface area contributed by atoms with Crippen molar-refractivity contribution in [1.29, 1.82) is 0 Å². The van der Waals surface area contributed by atoms with Gasteiger partial charge in [-0.15, -0.1) is 0 Å². The van der Waals surface area contributed by atoms with E-state index in [-0.39, 0.29) is 61.3 Å². The Labute approximate surface area is 334 Å². The fourth-order valence-electron chi connectivity index (χ4n) is 6.87. The summed E-state index contributed by atoms with van der Waals surface area (Å²) in [6.07, 6.45) is 0. The van der Waals surface area contributed by atoms with Crippen LogP contribution in [0.2, 0.25) is 10.0 Å². The molecule has 56 heavy (non-hydrogen) atoms. The molecule has 2 fully saturated rings. The Morgan fingerprint density at radius 3 is 1.48 bits per heavy atom. The summed E-state index contributed by atoms with van der Waals surface area (Å²) >= 11 is 13.3. The zero-order valence-electron chi connectivity index (χ0n) is 31.5. The van der Waals surface area contributed by atoms with Crippen LogP contribution in [0.5, 0.6) is 23.5 Å². The Kier molecular flexibility index (Phi) is 13.5. The van der Waals surface area contributed by atoms with Crippen LogP contribution in [0.4, 0.5) is 0 Å². The zero-order valence-corrected chi connectivity index (χ0v) is 33.1. The smallest absolute Gasteiger partial charge is 0.323 e. The van der Waals surface area contributed by atoms with Crippen LogP contribution in [0.1, 0.15) is 33.4 Å². The molecule has 6 rings (SSSR count). The first-order valence-corrected chi connectivity index (χ1v) is 18.7. The summed E-state index contributed by atoms with van der Waals surface area (Å²) in [7, 11) is 2.99. The summed E-state index contributed by atoms with van der Waals surface area (Å²) in [5, 5.41) is 19.9. The third kappa shape index (κ3) is 9.28. The molecule has 0 bridgehead atoms. The van der Waals surface area contributed by atoms with E-state index in [1.807, 2.05) is 38.1 Å². The van der Waals surface area contributed by atoms with Crippen molar-refractivity contribution >= 4 is 35.1 Å². The summed E-state index contributed by atoms with van der Waals surface area (Å²) in [6, 6.07) is 13.8. The van der Waals surface area contributed by atoms with Crippen molar-refractivity contribution in [3.63, 3.8) is 0 Å². The number of hydrogen-bond donors (Lipinski definition) is 2.